The molecule has 0 N–H and O–H groups in total. The van der Waals surface area contributed by atoms with Crippen molar-refractivity contribution in [2.75, 3.05) is 6.61 Å². The predicted molar refractivity (Wildman–Crippen MR) is 80.5 cm³/mol. The summed E-state index contributed by atoms with van der Waals surface area (Å²) in [5.74, 6) is 0.815. The standard InChI is InChI=1S/C18H22O2/c1-3-15(17-12-8-7-9-14(17)2)13-20-18(19)16-10-5-4-6-11-16/h4-6,10-11,14,17H,1,7-9,12-13H2,2H3. The van der Waals surface area contributed by atoms with Gasteiger partial charge in [0.15, 0.2) is 0 Å². The van der Waals surface area contributed by atoms with Crippen molar-refractivity contribution in [1.82, 2.24) is 0 Å². The maximum atomic E-state index is 11.9. The topological polar surface area (TPSA) is 26.3 Å². The Morgan fingerprint density at radius 2 is 2.00 bits per heavy atom. The highest BCUT2D eigenvalue weighted by Gasteiger charge is 2.25. The van der Waals surface area contributed by atoms with E-state index in [0.29, 0.717) is 24.0 Å². The summed E-state index contributed by atoms with van der Waals surface area (Å²) < 4.78 is 5.40. The van der Waals surface area contributed by atoms with Crippen molar-refractivity contribution in [3.05, 3.63) is 53.8 Å². The van der Waals surface area contributed by atoms with Gasteiger partial charge in [0.2, 0.25) is 0 Å². The molecular weight excluding hydrogens is 248 g/mol. The minimum atomic E-state index is -0.276. The third-order valence-corrected chi connectivity index (χ3v) is 4.15. The van der Waals surface area contributed by atoms with E-state index in [1.54, 1.807) is 12.1 Å². The van der Waals surface area contributed by atoms with Gasteiger partial charge in [-0.1, -0.05) is 51.0 Å². The maximum Gasteiger partial charge on any atom is 0.338 e. The molecule has 106 valence electrons. The Kier molecular flexibility index (Phi) is 5.20. The largest absolute Gasteiger partial charge is 0.457 e. The average molecular weight is 270 g/mol. The van der Waals surface area contributed by atoms with Crippen molar-refractivity contribution in [3.8, 4) is 0 Å². The monoisotopic (exact) mass is 270 g/mol. The number of carbonyl (C=O) groups is 1. The van der Waals surface area contributed by atoms with Crippen LogP contribution in [0.3, 0.4) is 0 Å². The second-order valence-corrected chi connectivity index (χ2v) is 5.51. The van der Waals surface area contributed by atoms with Gasteiger partial charge >= 0.3 is 5.97 Å². The maximum absolute atomic E-state index is 11.9. The Hall–Kier alpha value is -1.79. The number of benzene rings is 1. The van der Waals surface area contributed by atoms with Gasteiger partial charge < -0.3 is 4.74 Å². The van der Waals surface area contributed by atoms with Crippen molar-refractivity contribution >= 4 is 5.97 Å². The van der Waals surface area contributed by atoms with E-state index in [0.717, 1.165) is 12.0 Å². The van der Waals surface area contributed by atoms with Gasteiger partial charge in [-0.25, -0.2) is 4.79 Å². The Morgan fingerprint density at radius 3 is 2.65 bits per heavy atom. The lowest BCUT2D eigenvalue weighted by atomic mass is 9.76. The van der Waals surface area contributed by atoms with Crippen LogP contribution >= 0.6 is 0 Å². The average Bonchev–Trinajstić information content (AvgIpc) is 2.50. The highest BCUT2D eigenvalue weighted by molar-refractivity contribution is 5.89. The van der Waals surface area contributed by atoms with Crippen molar-refractivity contribution in [3.63, 3.8) is 0 Å². The Bertz CT molecular complexity index is 497. The molecule has 2 nitrogen and oxygen atoms in total. The van der Waals surface area contributed by atoms with Crippen LogP contribution in [-0.2, 0) is 4.74 Å². The van der Waals surface area contributed by atoms with Gasteiger partial charge in [0.25, 0.3) is 0 Å². The molecule has 2 heteroatoms. The molecule has 1 aliphatic carbocycles. The summed E-state index contributed by atoms with van der Waals surface area (Å²) in [7, 11) is 0. The van der Waals surface area contributed by atoms with E-state index >= 15 is 0 Å². The molecule has 0 radical (unpaired) electrons. The van der Waals surface area contributed by atoms with Crippen LogP contribution in [0.25, 0.3) is 0 Å². The minimum Gasteiger partial charge on any atom is -0.457 e. The zero-order chi connectivity index (χ0) is 14.4. The van der Waals surface area contributed by atoms with Gasteiger partial charge in [-0.3, -0.25) is 0 Å². The molecule has 0 saturated heterocycles. The fraction of sp³-hybridized carbons (Fsp3) is 0.444. The van der Waals surface area contributed by atoms with Gasteiger partial charge in [0, 0.05) is 5.57 Å². The molecule has 0 aromatic heterocycles. The van der Waals surface area contributed by atoms with Gasteiger partial charge in [-0.05, 0) is 30.4 Å². The number of carbonyl (C=O) groups excluding carboxylic acids is 1. The number of esters is 1. The molecule has 1 aromatic rings. The lowest BCUT2D eigenvalue weighted by Crippen LogP contribution is -2.22. The highest BCUT2D eigenvalue weighted by atomic mass is 16.5. The molecule has 1 fully saturated rings. The summed E-state index contributed by atoms with van der Waals surface area (Å²) in [5, 5.41) is 0. The molecule has 1 aliphatic rings. The lowest BCUT2D eigenvalue weighted by molar-refractivity contribution is 0.0524. The lowest BCUT2D eigenvalue weighted by Gasteiger charge is -2.29. The van der Waals surface area contributed by atoms with E-state index in [1.807, 2.05) is 18.2 Å². The molecule has 1 saturated carbocycles. The first-order chi connectivity index (χ1) is 9.72. The molecule has 20 heavy (non-hydrogen) atoms. The quantitative estimate of drug-likeness (QED) is 0.599. The zero-order valence-corrected chi connectivity index (χ0v) is 12.1. The van der Waals surface area contributed by atoms with Gasteiger partial charge in [0.05, 0.1) is 5.56 Å². The molecular formula is C18H22O2. The first-order valence-electron chi connectivity index (χ1n) is 7.33. The van der Waals surface area contributed by atoms with Crippen LogP contribution in [0.5, 0.6) is 0 Å². The van der Waals surface area contributed by atoms with Crippen LogP contribution in [-0.4, -0.2) is 12.6 Å². The van der Waals surface area contributed by atoms with Crippen LogP contribution in [0, 0.1) is 11.8 Å². The highest BCUT2D eigenvalue weighted by Crippen LogP contribution is 2.34. The molecule has 0 bridgehead atoms. The number of ether oxygens (including phenoxy) is 1. The van der Waals surface area contributed by atoms with Gasteiger partial charge in [0.1, 0.15) is 6.61 Å². The van der Waals surface area contributed by atoms with Gasteiger partial charge in [-0.15, -0.1) is 5.73 Å². The predicted octanol–water partition coefficient (Wildman–Crippen LogP) is 4.38. The van der Waals surface area contributed by atoms with E-state index in [9.17, 15) is 4.79 Å². The van der Waals surface area contributed by atoms with E-state index in [-0.39, 0.29) is 5.97 Å². The summed E-state index contributed by atoms with van der Waals surface area (Å²) in [6.45, 7) is 6.34. The molecule has 2 unspecified atom stereocenters. The molecule has 2 atom stereocenters. The fourth-order valence-electron chi connectivity index (χ4n) is 2.92. The van der Waals surface area contributed by atoms with Crippen LogP contribution in [0.1, 0.15) is 43.0 Å². The Balaban J connectivity index is 1.94. The number of hydrogen-bond acceptors (Lipinski definition) is 2. The van der Waals surface area contributed by atoms with Crippen molar-refractivity contribution in [2.24, 2.45) is 11.8 Å². The SMILES string of the molecule is C=C=C(COC(=O)c1ccccc1)C1CCCCC1C. The van der Waals surface area contributed by atoms with E-state index in [2.05, 4.69) is 19.2 Å². The molecule has 0 amide bonds. The fourth-order valence-corrected chi connectivity index (χ4v) is 2.92. The van der Waals surface area contributed by atoms with E-state index in [4.69, 9.17) is 4.74 Å². The third kappa shape index (κ3) is 3.61. The first-order valence-corrected chi connectivity index (χ1v) is 7.33. The molecule has 1 aromatic carbocycles. The smallest absolute Gasteiger partial charge is 0.338 e. The van der Waals surface area contributed by atoms with E-state index in [1.165, 1.54) is 19.3 Å². The van der Waals surface area contributed by atoms with Crippen molar-refractivity contribution in [2.45, 2.75) is 32.6 Å². The second kappa shape index (κ2) is 7.12. The third-order valence-electron chi connectivity index (χ3n) is 4.15. The van der Waals surface area contributed by atoms with Crippen LogP contribution in [0.15, 0.2) is 48.2 Å². The molecule has 0 spiro atoms. The number of hydrogen-bond donors (Lipinski definition) is 0. The summed E-state index contributed by atoms with van der Waals surface area (Å²) in [5.41, 5.74) is 4.63. The molecule has 2 rings (SSSR count). The molecule has 0 aliphatic heterocycles. The summed E-state index contributed by atoms with van der Waals surface area (Å²) >= 11 is 0. The Morgan fingerprint density at radius 1 is 1.30 bits per heavy atom. The Labute approximate surface area is 121 Å². The van der Waals surface area contributed by atoms with Gasteiger partial charge in [-0.2, -0.15) is 0 Å². The zero-order valence-electron chi connectivity index (χ0n) is 12.1. The van der Waals surface area contributed by atoms with E-state index < -0.39 is 0 Å². The van der Waals surface area contributed by atoms with Crippen LogP contribution in [0.4, 0.5) is 0 Å². The second-order valence-electron chi connectivity index (χ2n) is 5.51. The van der Waals surface area contributed by atoms with Crippen LogP contribution < -0.4 is 0 Å². The minimum absolute atomic E-state index is 0.276. The normalized spacial score (nSPS) is 21.9. The summed E-state index contributed by atoms with van der Waals surface area (Å²) in [4.78, 5) is 11.9. The molecule has 0 heterocycles. The van der Waals surface area contributed by atoms with Crippen LogP contribution in [0.2, 0.25) is 0 Å². The van der Waals surface area contributed by atoms with Crippen molar-refractivity contribution < 1.29 is 9.53 Å². The first kappa shape index (κ1) is 14.6. The van der Waals surface area contributed by atoms with Crippen molar-refractivity contribution in [1.29, 1.82) is 0 Å². The number of rotatable bonds is 4. The summed E-state index contributed by atoms with van der Waals surface area (Å²) in [6, 6.07) is 9.09. The summed E-state index contributed by atoms with van der Waals surface area (Å²) in [6.07, 6.45) is 4.93.